The van der Waals surface area contributed by atoms with Crippen molar-refractivity contribution in [3.05, 3.63) is 5.01 Å². The first-order chi connectivity index (χ1) is 8.97. The molecule has 6 heteroatoms. The molecule has 0 spiro atoms. The largest absolute Gasteiger partial charge is 0.315 e. The van der Waals surface area contributed by atoms with Crippen LogP contribution in [0.15, 0.2) is 0 Å². The van der Waals surface area contributed by atoms with Gasteiger partial charge in [-0.1, -0.05) is 39.0 Å². The fourth-order valence-corrected chi connectivity index (χ4v) is 2.53. The Labute approximate surface area is 119 Å². The maximum Gasteiger partial charge on any atom is 0.226 e. The highest BCUT2D eigenvalue weighted by Crippen LogP contribution is 2.18. The zero-order valence-electron chi connectivity index (χ0n) is 12.2. The minimum atomic E-state index is 0.0119. The van der Waals surface area contributed by atoms with Crippen molar-refractivity contribution in [2.24, 2.45) is 5.92 Å². The highest BCUT2D eigenvalue weighted by atomic mass is 32.1. The lowest BCUT2D eigenvalue weighted by Gasteiger charge is -2.06. The molecule has 1 aromatic rings. The summed E-state index contributed by atoms with van der Waals surface area (Å²) in [6, 6.07) is 0.463. The van der Waals surface area contributed by atoms with E-state index < -0.39 is 0 Å². The summed E-state index contributed by atoms with van der Waals surface area (Å²) in [4.78, 5) is 11.7. The predicted octanol–water partition coefficient (Wildman–Crippen LogP) is 2.45. The monoisotopic (exact) mass is 284 g/mol. The Bertz CT molecular complexity index is 390. The van der Waals surface area contributed by atoms with Gasteiger partial charge in [0.1, 0.15) is 5.01 Å². The first kappa shape index (κ1) is 16.0. The number of rotatable bonds is 8. The number of carbonyl (C=O) groups is 1. The quantitative estimate of drug-likeness (QED) is 0.720. The molecule has 0 bridgehead atoms. The zero-order chi connectivity index (χ0) is 14.3. The molecule has 108 valence electrons. The van der Waals surface area contributed by atoms with Crippen molar-refractivity contribution < 1.29 is 4.79 Å². The number of hydrogen-bond donors (Lipinski definition) is 2. The summed E-state index contributed by atoms with van der Waals surface area (Å²) in [5.41, 5.74) is 0. The van der Waals surface area contributed by atoms with Crippen LogP contribution in [0.4, 0.5) is 5.13 Å². The molecule has 1 aromatic heterocycles. The lowest BCUT2D eigenvalue weighted by molar-refractivity contribution is -0.116. The van der Waals surface area contributed by atoms with Gasteiger partial charge in [-0.3, -0.25) is 4.79 Å². The van der Waals surface area contributed by atoms with Crippen molar-refractivity contribution in [2.75, 3.05) is 11.9 Å². The van der Waals surface area contributed by atoms with E-state index in [4.69, 9.17) is 0 Å². The van der Waals surface area contributed by atoms with E-state index in [-0.39, 0.29) is 5.91 Å². The molecule has 0 aromatic carbocycles. The maximum atomic E-state index is 11.7. The number of hydrogen-bond acceptors (Lipinski definition) is 5. The van der Waals surface area contributed by atoms with Gasteiger partial charge < -0.3 is 10.6 Å². The van der Waals surface area contributed by atoms with Crippen LogP contribution in [-0.2, 0) is 11.2 Å². The Hall–Kier alpha value is -1.01. The molecule has 5 nitrogen and oxygen atoms in total. The third-order valence-electron chi connectivity index (χ3n) is 2.43. The summed E-state index contributed by atoms with van der Waals surface area (Å²) in [5, 5.41) is 15.7. The number of nitrogens with one attached hydrogen (secondary N) is 2. The van der Waals surface area contributed by atoms with Crippen LogP contribution in [0.2, 0.25) is 0 Å². The summed E-state index contributed by atoms with van der Waals surface area (Å²) in [5.74, 6) is 0.566. The first-order valence-electron chi connectivity index (χ1n) is 6.83. The highest BCUT2D eigenvalue weighted by Gasteiger charge is 2.09. The second-order valence-electron chi connectivity index (χ2n) is 5.36. The Balaban J connectivity index is 2.26. The van der Waals surface area contributed by atoms with E-state index in [1.54, 1.807) is 0 Å². The molecule has 1 amide bonds. The number of carbonyl (C=O) groups excluding carboxylic acids is 1. The molecule has 1 rings (SSSR count). The SMILES string of the molecule is CC(C)Cc1nnc(NC(=O)CCCNC(C)C)s1. The van der Waals surface area contributed by atoms with E-state index in [1.165, 1.54) is 11.3 Å². The molecular formula is C13H24N4OS. The smallest absolute Gasteiger partial charge is 0.226 e. The summed E-state index contributed by atoms with van der Waals surface area (Å²) >= 11 is 1.46. The molecule has 0 fully saturated rings. The Morgan fingerprint density at radius 3 is 2.63 bits per heavy atom. The third kappa shape index (κ3) is 7.22. The predicted molar refractivity (Wildman–Crippen MR) is 79.5 cm³/mol. The molecule has 0 saturated carbocycles. The lowest BCUT2D eigenvalue weighted by Crippen LogP contribution is -2.24. The molecule has 0 aliphatic heterocycles. The van der Waals surface area contributed by atoms with Gasteiger partial charge in [0.2, 0.25) is 11.0 Å². The average Bonchev–Trinajstić information content (AvgIpc) is 2.70. The molecule has 2 N–H and O–H groups in total. The van der Waals surface area contributed by atoms with Gasteiger partial charge in [-0.2, -0.15) is 0 Å². The minimum Gasteiger partial charge on any atom is -0.315 e. The van der Waals surface area contributed by atoms with Gasteiger partial charge >= 0.3 is 0 Å². The summed E-state index contributed by atoms with van der Waals surface area (Å²) in [6.07, 6.45) is 2.26. The van der Waals surface area contributed by atoms with Crippen molar-refractivity contribution in [2.45, 2.75) is 53.0 Å². The topological polar surface area (TPSA) is 66.9 Å². The maximum absolute atomic E-state index is 11.7. The number of aromatic nitrogens is 2. The van der Waals surface area contributed by atoms with Crippen LogP contribution in [0.3, 0.4) is 0 Å². The van der Waals surface area contributed by atoms with Crippen LogP contribution in [0.1, 0.15) is 45.5 Å². The van der Waals surface area contributed by atoms with E-state index in [2.05, 4.69) is 48.5 Å². The fourth-order valence-electron chi connectivity index (χ4n) is 1.56. The van der Waals surface area contributed by atoms with Gasteiger partial charge in [0.05, 0.1) is 0 Å². The molecule has 0 saturated heterocycles. The van der Waals surface area contributed by atoms with Crippen LogP contribution < -0.4 is 10.6 Å². The highest BCUT2D eigenvalue weighted by molar-refractivity contribution is 7.15. The van der Waals surface area contributed by atoms with E-state index in [0.29, 0.717) is 23.5 Å². The normalized spacial score (nSPS) is 11.3. The van der Waals surface area contributed by atoms with Crippen molar-refractivity contribution in [3.63, 3.8) is 0 Å². The number of amides is 1. The summed E-state index contributed by atoms with van der Waals surface area (Å²) < 4.78 is 0. The van der Waals surface area contributed by atoms with Crippen LogP contribution in [0, 0.1) is 5.92 Å². The van der Waals surface area contributed by atoms with E-state index in [1.807, 2.05) is 0 Å². The van der Waals surface area contributed by atoms with Gasteiger partial charge in [-0.25, -0.2) is 0 Å². The first-order valence-corrected chi connectivity index (χ1v) is 7.64. The van der Waals surface area contributed by atoms with Crippen LogP contribution in [-0.4, -0.2) is 28.7 Å². The van der Waals surface area contributed by atoms with E-state index in [9.17, 15) is 4.79 Å². The summed E-state index contributed by atoms with van der Waals surface area (Å²) in [7, 11) is 0. The van der Waals surface area contributed by atoms with E-state index in [0.717, 1.165) is 24.4 Å². The molecule has 0 radical (unpaired) electrons. The average molecular weight is 284 g/mol. The summed E-state index contributed by atoms with van der Waals surface area (Å²) in [6.45, 7) is 9.33. The van der Waals surface area contributed by atoms with Crippen LogP contribution in [0.5, 0.6) is 0 Å². The Morgan fingerprint density at radius 1 is 1.26 bits per heavy atom. The van der Waals surface area contributed by atoms with Gasteiger partial charge in [0, 0.05) is 18.9 Å². The fraction of sp³-hybridized carbons (Fsp3) is 0.769. The Morgan fingerprint density at radius 2 is 2.00 bits per heavy atom. The zero-order valence-corrected chi connectivity index (χ0v) is 13.0. The van der Waals surface area contributed by atoms with Gasteiger partial charge in [-0.15, -0.1) is 10.2 Å². The van der Waals surface area contributed by atoms with Crippen molar-refractivity contribution >= 4 is 22.4 Å². The molecule has 1 heterocycles. The van der Waals surface area contributed by atoms with Crippen LogP contribution in [0.25, 0.3) is 0 Å². The molecule has 0 unspecified atom stereocenters. The number of anilines is 1. The third-order valence-corrected chi connectivity index (χ3v) is 3.29. The molecule has 0 atom stereocenters. The lowest BCUT2D eigenvalue weighted by atomic mass is 10.1. The van der Waals surface area contributed by atoms with E-state index >= 15 is 0 Å². The molecule has 0 aliphatic carbocycles. The number of nitrogens with zero attached hydrogens (tertiary/aromatic N) is 2. The van der Waals surface area contributed by atoms with Gasteiger partial charge in [0.25, 0.3) is 0 Å². The van der Waals surface area contributed by atoms with Crippen molar-refractivity contribution in [1.82, 2.24) is 15.5 Å². The van der Waals surface area contributed by atoms with Crippen molar-refractivity contribution in [3.8, 4) is 0 Å². The molecule has 0 aliphatic rings. The van der Waals surface area contributed by atoms with Crippen molar-refractivity contribution in [1.29, 1.82) is 0 Å². The standard InChI is InChI=1S/C13H24N4OS/c1-9(2)8-12-16-17-13(19-12)15-11(18)6-5-7-14-10(3)4/h9-10,14H,5-8H2,1-4H3,(H,15,17,18). The molecular weight excluding hydrogens is 260 g/mol. The minimum absolute atomic E-state index is 0.0119. The van der Waals surface area contributed by atoms with Gasteiger partial charge in [0.15, 0.2) is 0 Å². The second-order valence-corrected chi connectivity index (χ2v) is 6.42. The van der Waals surface area contributed by atoms with Gasteiger partial charge in [-0.05, 0) is 18.9 Å². The second kappa shape index (κ2) is 8.22. The molecule has 19 heavy (non-hydrogen) atoms. The van der Waals surface area contributed by atoms with Crippen LogP contribution >= 0.6 is 11.3 Å². The Kier molecular flexibility index (Phi) is 6.94.